The molecule has 0 aliphatic rings. The molecule has 0 aliphatic heterocycles. The van der Waals surface area contributed by atoms with Crippen molar-refractivity contribution in [3.05, 3.63) is 18.4 Å². The summed E-state index contributed by atoms with van der Waals surface area (Å²) in [5, 5.41) is 6.70. The monoisotopic (exact) mass is 197 g/mol. The van der Waals surface area contributed by atoms with E-state index in [0.29, 0.717) is 6.04 Å². The molecule has 4 nitrogen and oxygen atoms in total. The molecule has 0 saturated carbocycles. The van der Waals surface area contributed by atoms with E-state index in [1.54, 1.807) is 6.20 Å². The Morgan fingerprint density at radius 1 is 1.57 bits per heavy atom. The molecule has 0 radical (unpaired) electrons. The lowest BCUT2D eigenvalue weighted by Gasteiger charge is -2.12. The van der Waals surface area contributed by atoms with Crippen molar-refractivity contribution >= 4 is 0 Å². The van der Waals surface area contributed by atoms with Crippen LogP contribution in [0, 0.1) is 0 Å². The molecule has 0 fully saturated rings. The largest absolute Gasteiger partial charge is 0.447 e. The van der Waals surface area contributed by atoms with Crippen LogP contribution in [0.4, 0.5) is 0 Å². The predicted molar refractivity (Wildman–Crippen MR) is 56.0 cm³/mol. The van der Waals surface area contributed by atoms with Gasteiger partial charge in [0.15, 0.2) is 6.39 Å². The fraction of sp³-hybridized carbons (Fsp3) is 0.700. The third kappa shape index (κ3) is 4.39. The molecular formula is C10H19N3O. The SMILES string of the molecule is CCCNCC(C)NCc1cnco1. The van der Waals surface area contributed by atoms with Gasteiger partial charge < -0.3 is 15.1 Å². The zero-order valence-electron chi connectivity index (χ0n) is 8.92. The first-order chi connectivity index (χ1) is 6.83. The molecule has 1 unspecified atom stereocenters. The molecule has 0 saturated heterocycles. The second kappa shape index (κ2) is 6.56. The van der Waals surface area contributed by atoms with Crippen LogP contribution in [0.5, 0.6) is 0 Å². The number of aromatic nitrogens is 1. The molecule has 4 heteroatoms. The van der Waals surface area contributed by atoms with Crippen molar-refractivity contribution in [1.82, 2.24) is 15.6 Å². The number of hydrogen-bond donors (Lipinski definition) is 2. The van der Waals surface area contributed by atoms with E-state index in [0.717, 1.165) is 25.4 Å². The Kier molecular flexibility index (Phi) is 5.25. The van der Waals surface area contributed by atoms with Crippen molar-refractivity contribution in [3.63, 3.8) is 0 Å². The van der Waals surface area contributed by atoms with Gasteiger partial charge in [-0.1, -0.05) is 6.92 Å². The summed E-state index contributed by atoms with van der Waals surface area (Å²) in [5.41, 5.74) is 0. The highest BCUT2D eigenvalue weighted by Crippen LogP contribution is 1.95. The number of nitrogens with zero attached hydrogens (tertiary/aromatic N) is 1. The summed E-state index contributed by atoms with van der Waals surface area (Å²) in [6, 6.07) is 0.451. The van der Waals surface area contributed by atoms with E-state index in [1.165, 1.54) is 12.8 Å². The van der Waals surface area contributed by atoms with Crippen molar-refractivity contribution in [2.75, 3.05) is 13.1 Å². The third-order valence-electron chi connectivity index (χ3n) is 1.99. The average molecular weight is 197 g/mol. The lowest BCUT2D eigenvalue weighted by atomic mass is 10.3. The lowest BCUT2D eigenvalue weighted by molar-refractivity contribution is 0.440. The zero-order valence-corrected chi connectivity index (χ0v) is 8.92. The van der Waals surface area contributed by atoms with Gasteiger partial charge in [-0.05, 0) is 19.9 Å². The minimum atomic E-state index is 0.451. The van der Waals surface area contributed by atoms with Gasteiger partial charge in [0.25, 0.3) is 0 Å². The number of rotatable bonds is 7. The summed E-state index contributed by atoms with van der Waals surface area (Å²) < 4.78 is 5.12. The van der Waals surface area contributed by atoms with Gasteiger partial charge in [0.2, 0.25) is 0 Å². The number of hydrogen-bond acceptors (Lipinski definition) is 4. The van der Waals surface area contributed by atoms with E-state index < -0.39 is 0 Å². The summed E-state index contributed by atoms with van der Waals surface area (Å²) in [7, 11) is 0. The van der Waals surface area contributed by atoms with Crippen LogP contribution in [0.15, 0.2) is 17.0 Å². The molecular weight excluding hydrogens is 178 g/mol. The average Bonchev–Trinajstić information content (AvgIpc) is 2.68. The maximum Gasteiger partial charge on any atom is 0.180 e. The Balaban J connectivity index is 2.06. The highest BCUT2D eigenvalue weighted by atomic mass is 16.3. The molecule has 0 aliphatic carbocycles. The van der Waals surface area contributed by atoms with Crippen LogP contribution in [0.25, 0.3) is 0 Å². The van der Waals surface area contributed by atoms with Crippen molar-refractivity contribution in [2.45, 2.75) is 32.9 Å². The van der Waals surface area contributed by atoms with Gasteiger partial charge in [-0.3, -0.25) is 0 Å². The molecule has 0 aromatic carbocycles. The molecule has 1 rings (SSSR count). The molecule has 1 heterocycles. The Morgan fingerprint density at radius 2 is 2.43 bits per heavy atom. The van der Waals surface area contributed by atoms with E-state index in [9.17, 15) is 0 Å². The Labute approximate surface area is 85.1 Å². The molecule has 0 bridgehead atoms. The van der Waals surface area contributed by atoms with E-state index in [4.69, 9.17) is 4.42 Å². The van der Waals surface area contributed by atoms with Crippen LogP contribution in [0.2, 0.25) is 0 Å². The molecule has 80 valence electrons. The maximum absolute atomic E-state index is 5.12. The summed E-state index contributed by atoms with van der Waals surface area (Å²) in [6.45, 7) is 7.13. The highest BCUT2D eigenvalue weighted by molar-refractivity contribution is 4.87. The fourth-order valence-electron chi connectivity index (χ4n) is 1.17. The first-order valence-corrected chi connectivity index (χ1v) is 5.14. The molecule has 1 atom stereocenters. The first-order valence-electron chi connectivity index (χ1n) is 5.14. The normalized spacial score (nSPS) is 13.0. The molecule has 1 aromatic heterocycles. The van der Waals surface area contributed by atoms with Gasteiger partial charge in [0.05, 0.1) is 12.7 Å². The standard InChI is InChI=1S/C10H19N3O/c1-3-4-11-5-9(2)13-7-10-6-12-8-14-10/h6,8-9,11,13H,3-5,7H2,1-2H3. The molecule has 0 spiro atoms. The minimum Gasteiger partial charge on any atom is -0.447 e. The van der Waals surface area contributed by atoms with E-state index in [-0.39, 0.29) is 0 Å². The van der Waals surface area contributed by atoms with Crippen molar-refractivity contribution in [2.24, 2.45) is 0 Å². The quantitative estimate of drug-likeness (QED) is 0.644. The highest BCUT2D eigenvalue weighted by Gasteiger charge is 2.01. The first kappa shape index (κ1) is 11.2. The van der Waals surface area contributed by atoms with Crippen LogP contribution in [0.1, 0.15) is 26.0 Å². The van der Waals surface area contributed by atoms with Crippen LogP contribution in [-0.4, -0.2) is 24.1 Å². The molecule has 2 N–H and O–H groups in total. The molecule has 14 heavy (non-hydrogen) atoms. The third-order valence-corrected chi connectivity index (χ3v) is 1.99. The maximum atomic E-state index is 5.12. The van der Waals surface area contributed by atoms with Crippen LogP contribution >= 0.6 is 0 Å². The van der Waals surface area contributed by atoms with Gasteiger partial charge >= 0.3 is 0 Å². The van der Waals surface area contributed by atoms with Gasteiger partial charge in [-0.2, -0.15) is 0 Å². The predicted octanol–water partition coefficient (Wildman–Crippen LogP) is 1.15. The number of nitrogens with one attached hydrogen (secondary N) is 2. The summed E-state index contributed by atoms with van der Waals surface area (Å²) in [5.74, 6) is 0.882. The van der Waals surface area contributed by atoms with E-state index in [2.05, 4.69) is 29.5 Å². The van der Waals surface area contributed by atoms with Crippen LogP contribution in [0.3, 0.4) is 0 Å². The molecule has 0 amide bonds. The summed E-state index contributed by atoms with van der Waals surface area (Å²) in [6.07, 6.45) is 4.37. The summed E-state index contributed by atoms with van der Waals surface area (Å²) in [4.78, 5) is 3.85. The van der Waals surface area contributed by atoms with Gasteiger partial charge in [-0.25, -0.2) is 4.98 Å². The van der Waals surface area contributed by atoms with Crippen molar-refractivity contribution in [3.8, 4) is 0 Å². The van der Waals surface area contributed by atoms with Crippen LogP contribution in [-0.2, 0) is 6.54 Å². The van der Waals surface area contributed by atoms with E-state index in [1.807, 2.05) is 0 Å². The second-order valence-corrected chi connectivity index (χ2v) is 3.45. The topological polar surface area (TPSA) is 50.1 Å². The zero-order chi connectivity index (χ0) is 10.2. The number of oxazole rings is 1. The smallest absolute Gasteiger partial charge is 0.180 e. The molecule has 1 aromatic rings. The summed E-state index contributed by atoms with van der Waals surface area (Å²) >= 11 is 0. The van der Waals surface area contributed by atoms with Gasteiger partial charge in [0.1, 0.15) is 5.76 Å². The lowest BCUT2D eigenvalue weighted by Crippen LogP contribution is -2.36. The van der Waals surface area contributed by atoms with Gasteiger partial charge in [0, 0.05) is 12.6 Å². The van der Waals surface area contributed by atoms with Gasteiger partial charge in [-0.15, -0.1) is 0 Å². The second-order valence-electron chi connectivity index (χ2n) is 3.45. The Bertz CT molecular complexity index is 223. The van der Waals surface area contributed by atoms with Crippen LogP contribution < -0.4 is 10.6 Å². The van der Waals surface area contributed by atoms with E-state index >= 15 is 0 Å². The Morgan fingerprint density at radius 3 is 3.07 bits per heavy atom. The minimum absolute atomic E-state index is 0.451. The van der Waals surface area contributed by atoms with Crippen molar-refractivity contribution in [1.29, 1.82) is 0 Å². The van der Waals surface area contributed by atoms with Crippen molar-refractivity contribution < 1.29 is 4.42 Å². The fourth-order valence-corrected chi connectivity index (χ4v) is 1.17. The Hall–Kier alpha value is -0.870.